The smallest absolute Gasteiger partial charge is 0.151 e. The van der Waals surface area contributed by atoms with E-state index in [0.717, 1.165) is 42.9 Å². The maximum Gasteiger partial charge on any atom is 0.151 e. The van der Waals surface area contributed by atoms with Crippen molar-refractivity contribution in [2.24, 2.45) is 5.92 Å². The summed E-state index contributed by atoms with van der Waals surface area (Å²) in [5.41, 5.74) is 1.96. The third-order valence-electron chi connectivity index (χ3n) is 3.83. The van der Waals surface area contributed by atoms with E-state index < -0.39 is 0 Å². The Morgan fingerprint density at radius 3 is 2.75 bits per heavy atom. The van der Waals surface area contributed by atoms with Gasteiger partial charge in [0.2, 0.25) is 0 Å². The minimum Gasteiger partial charge on any atom is -0.393 e. The van der Waals surface area contributed by atoms with Crippen molar-refractivity contribution >= 4 is 0 Å². The molecule has 1 aliphatic rings. The third-order valence-corrected chi connectivity index (χ3v) is 3.83. The first-order valence-corrected chi connectivity index (χ1v) is 7.08. The molecule has 0 saturated heterocycles. The van der Waals surface area contributed by atoms with Crippen LogP contribution in [0.4, 0.5) is 0 Å². The molecule has 1 aromatic heterocycles. The molecule has 1 saturated carbocycles. The summed E-state index contributed by atoms with van der Waals surface area (Å²) in [4.78, 5) is 2.23. The molecule has 0 amide bonds. The summed E-state index contributed by atoms with van der Waals surface area (Å²) < 4.78 is 5.40. The minimum absolute atomic E-state index is 0.0802. The van der Waals surface area contributed by atoms with Crippen LogP contribution in [0.25, 0.3) is 11.3 Å². The molecule has 4 heteroatoms. The van der Waals surface area contributed by atoms with E-state index in [9.17, 15) is 5.11 Å². The summed E-state index contributed by atoms with van der Waals surface area (Å²) >= 11 is 0. The normalized spacial score (nSPS) is 21.9. The molecule has 2 aromatic rings. The Morgan fingerprint density at radius 1 is 1.30 bits per heavy atom. The van der Waals surface area contributed by atoms with Gasteiger partial charge in [-0.05, 0) is 25.8 Å². The summed E-state index contributed by atoms with van der Waals surface area (Å²) in [6.07, 6.45) is 1.77. The highest BCUT2D eigenvalue weighted by Crippen LogP contribution is 2.28. The fourth-order valence-electron chi connectivity index (χ4n) is 2.75. The molecule has 1 heterocycles. The minimum atomic E-state index is -0.0802. The largest absolute Gasteiger partial charge is 0.393 e. The SMILES string of the molecule is CN(Cc1cc(-c2ccccc2)no1)CC1CC(O)C1. The van der Waals surface area contributed by atoms with Gasteiger partial charge in [0.1, 0.15) is 5.69 Å². The van der Waals surface area contributed by atoms with E-state index in [1.54, 1.807) is 0 Å². The molecule has 1 N–H and O–H groups in total. The molecule has 4 nitrogen and oxygen atoms in total. The van der Waals surface area contributed by atoms with Gasteiger partial charge in [0, 0.05) is 18.2 Å². The molecule has 106 valence electrons. The van der Waals surface area contributed by atoms with Crippen LogP contribution in [-0.4, -0.2) is 34.9 Å². The lowest BCUT2D eigenvalue weighted by Gasteiger charge is -2.34. The van der Waals surface area contributed by atoms with E-state index in [1.165, 1.54) is 0 Å². The summed E-state index contributed by atoms with van der Waals surface area (Å²) in [7, 11) is 2.08. The number of hydrogen-bond donors (Lipinski definition) is 1. The third kappa shape index (κ3) is 3.08. The topological polar surface area (TPSA) is 49.5 Å². The Labute approximate surface area is 119 Å². The van der Waals surface area contributed by atoms with Crippen LogP contribution in [0.2, 0.25) is 0 Å². The van der Waals surface area contributed by atoms with Gasteiger partial charge in [-0.3, -0.25) is 4.90 Å². The van der Waals surface area contributed by atoms with Gasteiger partial charge in [0.15, 0.2) is 5.76 Å². The molecule has 0 radical (unpaired) electrons. The lowest BCUT2D eigenvalue weighted by molar-refractivity contribution is 0.0264. The number of nitrogens with zero attached hydrogens (tertiary/aromatic N) is 2. The first-order valence-electron chi connectivity index (χ1n) is 7.08. The molecular formula is C16H20N2O2. The second kappa shape index (κ2) is 5.77. The molecule has 0 unspecified atom stereocenters. The molecule has 1 aromatic carbocycles. The van der Waals surface area contributed by atoms with Crippen molar-refractivity contribution in [1.82, 2.24) is 10.1 Å². The Bertz CT molecular complexity index is 547. The molecule has 0 atom stereocenters. The summed E-state index contributed by atoms with van der Waals surface area (Å²) in [5, 5.41) is 13.4. The number of hydrogen-bond acceptors (Lipinski definition) is 4. The van der Waals surface area contributed by atoms with Gasteiger partial charge in [-0.15, -0.1) is 0 Å². The van der Waals surface area contributed by atoms with Crippen LogP contribution < -0.4 is 0 Å². The lowest BCUT2D eigenvalue weighted by atomic mass is 9.82. The highest BCUT2D eigenvalue weighted by atomic mass is 16.5. The van der Waals surface area contributed by atoms with Crippen molar-refractivity contribution in [2.45, 2.75) is 25.5 Å². The number of aromatic nitrogens is 1. The first-order chi connectivity index (χ1) is 9.70. The Hall–Kier alpha value is -1.65. The quantitative estimate of drug-likeness (QED) is 0.908. The number of aliphatic hydroxyl groups is 1. The van der Waals surface area contributed by atoms with Gasteiger partial charge in [0.25, 0.3) is 0 Å². The molecule has 0 spiro atoms. The van der Waals surface area contributed by atoms with Gasteiger partial charge in [0.05, 0.1) is 12.6 Å². The van der Waals surface area contributed by atoms with E-state index in [4.69, 9.17) is 4.52 Å². The van der Waals surface area contributed by atoms with E-state index in [0.29, 0.717) is 5.92 Å². The standard InChI is InChI=1S/C16H20N2O2/c1-18(10-12-7-14(19)8-12)11-15-9-16(17-20-15)13-5-3-2-4-6-13/h2-6,9,12,14,19H,7-8,10-11H2,1H3. The summed E-state index contributed by atoms with van der Waals surface area (Å²) in [6.45, 7) is 1.75. The van der Waals surface area contributed by atoms with Crippen LogP contribution in [0.1, 0.15) is 18.6 Å². The maximum atomic E-state index is 9.30. The maximum absolute atomic E-state index is 9.30. The highest BCUT2D eigenvalue weighted by molar-refractivity contribution is 5.58. The second-order valence-corrected chi connectivity index (χ2v) is 5.73. The zero-order valence-electron chi connectivity index (χ0n) is 11.7. The molecule has 3 rings (SSSR count). The fraction of sp³-hybridized carbons (Fsp3) is 0.438. The van der Waals surface area contributed by atoms with Crippen LogP contribution >= 0.6 is 0 Å². The van der Waals surface area contributed by atoms with Gasteiger partial charge in [-0.1, -0.05) is 35.5 Å². The number of rotatable bonds is 5. The van der Waals surface area contributed by atoms with Gasteiger partial charge < -0.3 is 9.63 Å². The van der Waals surface area contributed by atoms with Crippen LogP contribution in [0.5, 0.6) is 0 Å². The average molecular weight is 272 g/mol. The second-order valence-electron chi connectivity index (χ2n) is 5.73. The fourth-order valence-corrected chi connectivity index (χ4v) is 2.75. The lowest BCUT2D eigenvalue weighted by Crippen LogP contribution is -2.36. The van der Waals surface area contributed by atoms with Crippen LogP contribution in [-0.2, 0) is 6.54 Å². The van der Waals surface area contributed by atoms with Crippen molar-refractivity contribution in [3.63, 3.8) is 0 Å². The zero-order valence-corrected chi connectivity index (χ0v) is 11.7. The number of aliphatic hydroxyl groups excluding tert-OH is 1. The predicted octanol–water partition coefficient (Wildman–Crippen LogP) is 2.54. The molecule has 0 aliphatic heterocycles. The molecule has 1 fully saturated rings. The monoisotopic (exact) mass is 272 g/mol. The van der Waals surface area contributed by atoms with Crippen molar-refractivity contribution in [2.75, 3.05) is 13.6 Å². The van der Waals surface area contributed by atoms with Gasteiger partial charge >= 0.3 is 0 Å². The molecule has 0 bridgehead atoms. The van der Waals surface area contributed by atoms with E-state index >= 15 is 0 Å². The molecular weight excluding hydrogens is 252 g/mol. The molecule has 1 aliphatic carbocycles. The van der Waals surface area contributed by atoms with Crippen molar-refractivity contribution < 1.29 is 9.63 Å². The van der Waals surface area contributed by atoms with Gasteiger partial charge in [-0.25, -0.2) is 0 Å². The Balaban J connectivity index is 1.57. The predicted molar refractivity (Wildman–Crippen MR) is 77.0 cm³/mol. The highest BCUT2D eigenvalue weighted by Gasteiger charge is 2.28. The first kappa shape index (κ1) is 13.3. The van der Waals surface area contributed by atoms with Crippen molar-refractivity contribution in [1.29, 1.82) is 0 Å². The van der Waals surface area contributed by atoms with Gasteiger partial charge in [-0.2, -0.15) is 0 Å². The number of benzene rings is 1. The van der Waals surface area contributed by atoms with Crippen LogP contribution in [0.15, 0.2) is 40.9 Å². The van der Waals surface area contributed by atoms with E-state index in [1.807, 2.05) is 36.4 Å². The van der Waals surface area contributed by atoms with Crippen LogP contribution in [0, 0.1) is 5.92 Å². The van der Waals surface area contributed by atoms with Crippen LogP contribution in [0.3, 0.4) is 0 Å². The Morgan fingerprint density at radius 2 is 2.05 bits per heavy atom. The van der Waals surface area contributed by atoms with E-state index in [2.05, 4.69) is 17.1 Å². The summed E-state index contributed by atoms with van der Waals surface area (Å²) in [6, 6.07) is 12.0. The Kier molecular flexibility index (Phi) is 3.85. The van der Waals surface area contributed by atoms with E-state index in [-0.39, 0.29) is 6.10 Å². The van der Waals surface area contributed by atoms with Crippen molar-refractivity contribution in [3.8, 4) is 11.3 Å². The van der Waals surface area contributed by atoms with Crippen molar-refractivity contribution in [3.05, 3.63) is 42.2 Å². The molecule has 20 heavy (non-hydrogen) atoms. The summed E-state index contributed by atoms with van der Waals surface area (Å²) in [5.74, 6) is 1.50. The average Bonchev–Trinajstić information content (AvgIpc) is 2.86. The zero-order chi connectivity index (χ0) is 13.9.